The molecule has 0 spiro atoms. The minimum Gasteiger partial charge on any atom is -0.368 e. The molecular weight excluding hydrogens is 308 g/mol. The maximum atomic E-state index is 12.6. The molecule has 1 atom stereocenters. The zero-order valence-electron chi connectivity index (χ0n) is 14.3. The maximum absolute atomic E-state index is 12.6. The van der Waals surface area contributed by atoms with Gasteiger partial charge in [0.1, 0.15) is 11.9 Å². The number of ether oxygens (including phenoxy) is 1. The molecule has 24 heavy (non-hydrogen) atoms. The topological polar surface area (TPSA) is 66.0 Å². The van der Waals surface area contributed by atoms with E-state index in [0.717, 1.165) is 18.7 Å². The summed E-state index contributed by atoms with van der Waals surface area (Å²) in [4.78, 5) is 34.7. The van der Waals surface area contributed by atoms with Gasteiger partial charge in [0.25, 0.3) is 11.8 Å². The molecule has 7 heteroatoms. The summed E-state index contributed by atoms with van der Waals surface area (Å²) >= 11 is 0. The van der Waals surface area contributed by atoms with Gasteiger partial charge < -0.3 is 19.4 Å². The van der Waals surface area contributed by atoms with E-state index in [1.807, 2.05) is 30.0 Å². The highest BCUT2D eigenvalue weighted by Crippen LogP contribution is 2.17. The summed E-state index contributed by atoms with van der Waals surface area (Å²) in [5.41, 5.74) is 0.583. The lowest BCUT2D eigenvalue weighted by Crippen LogP contribution is -2.52. The second-order valence-corrected chi connectivity index (χ2v) is 6.42. The third kappa shape index (κ3) is 3.51. The minimum atomic E-state index is -0.282. The molecule has 3 rings (SSSR count). The largest absolute Gasteiger partial charge is 0.368 e. The van der Waals surface area contributed by atoms with Gasteiger partial charge in [-0.1, -0.05) is 0 Å². The van der Waals surface area contributed by atoms with Crippen LogP contribution in [0.5, 0.6) is 0 Å². The number of carbonyl (C=O) groups excluding carboxylic acids is 2. The van der Waals surface area contributed by atoms with E-state index in [-0.39, 0.29) is 17.9 Å². The number of piperazine rings is 1. The molecule has 2 aliphatic rings. The van der Waals surface area contributed by atoms with Gasteiger partial charge in [-0.2, -0.15) is 0 Å². The molecule has 0 aromatic carbocycles. The molecule has 7 nitrogen and oxygen atoms in total. The van der Waals surface area contributed by atoms with Crippen LogP contribution in [0.4, 0.5) is 5.82 Å². The van der Waals surface area contributed by atoms with Crippen molar-refractivity contribution in [1.82, 2.24) is 14.8 Å². The number of hydrogen-bond donors (Lipinski definition) is 0. The van der Waals surface area contributed by atoms with Gasteiger partial charge in [0.05, 0.1) is 5.56 Å². The van der Waals surface area contributed by atoms with E-state index >= 15 is 0 Å². The molecule has 1 unspecified atom stereocenters. The van der Waals surface area contributed by atoms with Crippen molar-refractivity contribution in [2.75, 3.05) is 51.8 Å². The summed E-state index contributed by atoms with van der Waals surface area (Å²) in [6.07, 6.45) is 3.09. The Morgan fingerprint density at radius 1 is 1.17 bits per heavy atom. The van der Waals surface area contributed by atoms with Crippen LogP contribution in [-0.4, -0.2) is 79.6 Å². The molecule has 3 heterocycles. The Kier molecular flexibility index (Phi) is 4.99. The second-order valence-electron chi connectivity index (χ2n) is 6.42. The molecule has 2 aliphatic heterocycles. The van der Waals surface area contributed by atoms with Gasteiger partial charge in [0.15, 0.2) is 0 Å². The number of carbonyl (C=O) groups is 2. The normalized spacial score (nSPS) is 21.0. The first kappa shape index (κ1) is 16.7. The van der Waals surface area contributed by atoms with Gasteiger partial charge in [-0.15, -0.1) is 0 Å². The highest BCUT2D eigenvalue weighted by molar-refractivity contribution is 5.94. The smallest absolute Gasteiger partial charge is 0.255 e. The quantitative estimate of drug-likeness (QED) is 0.811. The third-order valence-electron chi connectivity index (χ3n) is 4.54. The predicted octanol–water partition coefficient (Wildman–Crippen LogP) is 0.611. The number of nitrogens with zero attached hydrogens (tertiary/aromatic N) is 4. The van der Waals surface area contributed by atoms with Crippen LogP contribution in [0.1, 0.15) is 23.2 Å². The molecule has 1 aromatic rings. The fourth-order valence-electron chi connectivity index (χ4n) is 3.07. The molecule has 2 amide bonds. The number of rotatable bonds is 3. The van der Waals surface area contributed by atoms with E-state index in [2.05, 4.69) is 4.98 Å². The van der Waals surface area contributed by atoms with E-state index < -0.39 is 0 Å². The number of aromatic nitrogens is 1. The van der Waals surface area contributed by atoms with Crippen molar-refractivity contribution in [2.45, 2.75) is 18.9 Å². The molecule has 1 aromatic heterocycles. The fourth-order valence-corrected chi connectivity index (χ4v) is 3.07. The molecule has 2 fully saturated rings. The number of anilines is 1. The van der Waals surface area contributed by atoms with Crippen LogP contribution in [0, 0.1) is 0 Å². The van der Waals surface area contributed by atoms with Crippen molar-refractivity contribution < 1.29 is 14.3 Å². The van der Waals surface area contributed by atoms with Crippen molar-refractivity contribution in [3.63, 3.8) is 0 Å². The Balaban J connectivity index is 1.55. The lowest BCUT2D eigenvalue weighted by atomic mass is 10.2. The van der Waals surface area contributed by atoms with Crippen LogP contribution >= 0.6 is 0 Å². The van der Waals surface area contributed by atoms with Crippen LogP contribution in [0.25, 0.3) is 0 Å². The predicted molar refractivity (Wildman–Crippen MR) is 90.0 cm³/mol. The van der Waals surface area contributed by atoms with E-state index in [4.69, 9.17) is 4.74 Å². The average Bonchev–Trinajstić information content (AvgIpc) is 3.15. The summed E-state index contributed by atoms with van der Waals surface area (Å²) in [5, 5.41) is 0. The second kappa shape index (κ2) is 7.17. The minimum absolute atomic E-state index is 0.0305. The summed E-state index contributed by atoms with van der Waals surface area (Å²) in [5.74, 6) is 0.854. The Hall–Kier alpha value is -2.15. The first-order valence-corrected chi connectivity index (χ1v) is 8.39. The van der Waals surface area contributed by atoms with E-state index in [0.29, 0.717) is 38.3 Å². The Labute approximate surface area is 142 Å². The number of pyridine rings is 1. The standard InChI is InChI=1S/C17H24N4O3/c1-19(2)15-6-5-13(12-18-15)16(22)20-7-9-21(10-8-20)17(23)14-4-3-11-24-14/h5-6,12,14H,3-4,7-11H2,1-2H3. The molecule has 130 valence electrons. The van der Waals surface area contributed by atoms with Crippen LogP contribution in [0.2, 0.25) is 0 Å². The summed E-state index contributed by atoms with van der Waals surface area (Å²) in [6, 6.07) is 3.64. The fraction of sp³-hybridized carbons (Fsp3) is 0.588. The number of amides is 2. The highest BCUT2D eigenvalue weighted by atomic mass is 16.5. The summed E-state index contributed by atoms with van der Waals surface area (Å²) < 4.78 is 5.46. The lowest BCUT2D eigenvalue weighted by Gasteiger charge is -2.35. The molecular formula is C17H24N4O3. The lowest BCUT2D eigenvalue weighted by molar-refractivity contribution is -0.142. The highest BCUT2D eigenvalue weighted by Gasteiger charge is 2.31. The van der Waals surface area contributed by atoms with Gasteiger partial charge in [-0.05, 0) is 25.0 Å². The molecule has 0 saturated carbocycles. The van der Waals surface area contributed by atoms with Crippen LogP contribution < -0.4 is 4.90 Å². The van der Waals surface area contributed by atoms with Gasteiger partial charge in [-0.25, -0.2) is 4.98 Å². The third-order valence-corrected chi connectivity index (χ3v) is 4.54. The monoisotopic (exact) mass is 332 g/mol. The van der Waals surface area contributed by atoms with E-state index in [1.54, 1.807) is 17.2 Å². The maximum Gasteiger partial charge on any atom is 0.255 e. The Morgan fingerprint density at radius 2 is 1.88 bits per heavy atom. The molecule has 0 bridgehead atoms. The van der Waals surface area contributed by atoms with E-state index in [9.17, 15) is 9.59 Å². The Bertz CT molecular complexity index is 588. The SMILES string of the molecule is CN(C)c1ccc(C(=O)N2CCN(C(=O)C3CCCO3)CC2)cn1. The first-order valence-electron chi connectivity index (χ1n) is 8.39. The zero-order valence-corrected chi connectivity index (χ0v) is 14.3. The molecule has 0 N–H and O–H groups in total. The summed E-state index contributed by atoms with van der Waals surface area (Å²) in [6.45, 7) is 2.89. The van der Waals surface area contributed by atoms with Gasteiger partial charge in [0.2, 0.25) is 0 Å². The first-order chi connectivity index (χ1) is 11.6. The average molecular weight is 332 g/mol. The van der Waals surface area contributed by atoms with Gasteiger partial charge in [-0.3, -0.25) is 9.59 Å². The van der Waals surface area contributed by atoms with Crippen molar-refractivity contribution in [3.8, 4) is 0 Å². The Morgan fingerprint density at radius 3 is 2.42 bits per heavy atom. The number of hydrogen-bond acceptors (Lipinski definition) is 5. The van der Waals surface area contributed by atoms with Crippen molar-refractivity contribution >= 4 is 17.6 Å². The van der Waals surface area contributed by atoms with Crippen LogP contribution in [0.3, 0.4) is 0 Å². The van der Waals surface area contributed by atoms with Crippen molar-refractivity contribution in [3.05, 3.63) is 23.9 Å². The molecule has 0 aliphatic carbocycles. The van der Waals surface area contributed by atoms with Gasteiger partial charge >= 0.3 is 0 Å². The van der Waals surface area contributed by atoms with Crippen molar-refractivity contribution in [2.24, 2.45) is 0 Å². The van der Waals surface area contributed by atoms with Crippen LogP contribution in [-0.2, 0) is 9.53 Å². The molecule has 2 saturated heterocycles. The van der Waals surface area contributed by atoms with Crippen LogP contribution in [0.15, 0.2) is 18.3 Å². The molecule has 0 radical (unpaired) electrons. The zero-order chi connectivity index (χ0) is 17.1. The summed E-state index contributed by atoms with van der Waals surface area (Å²) in [7, 11) is 3.82. The van der Waals surface area contributed by atoms with E-state index in [1.165, 1.54) is 0 Å². The van der Waals surface area contributed by atoms with Gasteiger partial charge in [0, 0.05) is 53.1 Å². The van der Waals surface area contributed by atoms with Crippen molar-refractivity contribution in [1.29, 1.82) is 0 Å².